The molecule has 1 fully saturated rings. The van der Waals surface area contributed by atoms with Crippen LogP contribution in [0, 0.1) is 0 Å². The zero-order valence-electron chi connectivity index (χ0n) is 16.4. The lowest BCUT2D eigenvalue weighted by molar-refractivity contribution is -0.145. The van der Waals surface area contributed by atoms with Crippen LogP contribution in [0.5, 0.6) is 11.5 Å². The fraction of sp³-hybridized carbons (Fsp3) is 0.550. The number of nitrogens with zero attached hydrogens (tertiary/aromatic N) is 2. The van der Waals surface area contributed by atoms with Gasteiger partial charge in [-0.25, -0.2) is 0 Å². The lowest BCUT2D eigenvalue weighted by Crippen LogP contribution is -2.43. The number of carboxylic acid groups (broad SMARTS) is 1. The van der Waals surface area contributed by atoms with Gasteiger partial charge in [-0.3, -0.25) is 14.4 Å². The Kier molecular flexibility index (Phi) is 8.10. The molecule has 1 aromatic carbocycles. The summed E-state index contributed by atoms with van der Waals surface area (Å²) in [5.74, 6) is -0.0749. The highest BCUT2D eigenvalue weighted by Crippen LogP contribution is 2.19. The minimum absolute atomic E-state index is 0.0653. The van der Waals surface area contributed by atoms with Crippen molar-refractivity contribution in [2.45, 2.75) is 39.2 Å². The molecule has 0 spiro atoms. The Bertz CT molecular complexity index is 676. The first-order valence-electron chi connectivity index (χ1n) is 9.53. The Morgan fingerprint density at radius 3 is 2.32 bits per heavy atom. The van der Waals surface area contributed by atoms with E-state index in [2.05, 4.69) is 0 Å². The highest BCUT2D eigenvalue weighted by Gasteiger charge is 2.27. The van der Waals surface area contributed by atoms with Crippen molar-refractivity contribution >= 4 is 17.8 Å². The van der Waals surface area contributed by atoms with Crippen LogP contribution in [0.3, 0.4) is 0 Å². The Balaban J connectivity index is 1.86. The van der Waals surface area contributed by atoms with Crippen LogP contribution < -0.4 is 9.47 Å². The van der Waals surface area contributed by atoms with Gasteiger partial charge in [0.15, 0.2) is 6.61 Å². The van der Waals surface area contributed by atoms with Crippen molar-refractivity contribution in [3.63, 3.8) is 0 Å². The standard InChI is InChI=1S/C20H28N2O6/c1-3-27-17-6-8-18(9-7-17)28-14-19(24)21-11-4-5-16(10-12-21)22(15(2)23)13-20(25)26/h6-9,16H,3-5,10-14H2,1-2H3,(H,25,26). The predicted octanol–water partition coefficient (Wildman–Crippen LogP) is 1.78. The van der Waals surface area contributed by atoms with Crippen LogP contribution in [0.15, 0.2) is 24.3 Å². The fourth-order valence-electron chi connectivity index (χ4n) is 3.32. The highest BCUT2D eigenvalue weighted by atomic mass is 16.5. The van der Waals surface area contributed by atoms with Gasteiger partial charge in [0.05, 0.1) is 6.61 Å². The number of carboxylic acids is 1. The number of benzene rings is 1. The number of likely N-dealkylation sites (tertiary alicyclic amines) is 1. The number of hydrogen-bond donors (Lipinski definition) is 1. The first kappa shape index (κ1) is 21.5. The quantitative estimate of drug-likeness (QED) is 0.724. The molecule has 1 saturated heterocycles. The summed E-state index contributed by atoms with van der Waals surface area (Å²) in [5.41, 5.74) is 0. The van der Waals surface area contributed by atoms with Gasteiger partial charge >= 0.3 is 5.97 Å². The normalized spacial score (nSPS) is 16.8. The predicted molar refractivity (Wildman–Crippen MR) is 102 cm³/mol. The highest BCUT2D eigenvalue weighted by molar-refractivity contribution is 5.80. The van der Waals surface area contributed by atoms with Gasteiger partial charge in [0.2, 0.25) is 5.91 Å². The molecule has 1 N–H and O–H groups in total. The van der Waals surface area contributed by atoms with Gasteiger partial charge in [-0.1, -0.05) is 0 Å². The molecule has 28 heavy (non-hydrogen) atoms. The fourth-order valence-corrected chi connectivity index (χ4v) is 3.32. The minimum atomic E-state index is -1.03. The summed E-state index contributed by atoms with van der Waals surface area (Å²) < 4.78 is 10.9. The van der Waals surface area contributed by atoms with Crippen LogP contribution in [0.2, 0.25) is 0 Å². The average Bonchev–Trinajstić information content (AvgIpc) is 2.91. The number of ether oxygens (including phenoxy) is 2. The molecule has 8 nitrogen and oxygen atoms in total. The molecule has 0 aliphatic carbocycles. The lowest BCUT2D eigenvalue weighted by Gasteiger charge is -2.28. The molecular weight excluding hydrogens is 364 g/mol. The van der Waals surface area contributed by atoms with E-state index in [9.17, 15) is 14.4 Å². The summed E-state index contributed by atoms with van der Waals surface area (Å²) >= 11 is 0. The van der Waals surface area contributed by atoms with E-state index in [1.54, 1.807) is 29.2 Å². The third kappa shape index (κ3) is 6.44. The second kappa shape index (κ2) is 10.5. The average molecular weight is 392 g/mol. The van der Waals surface area contributed by atoms with E-state index in [-0.39, 0.29) is 31.0 Å². The summed E-state index contributed by atoms with van der Waals surface area (Å²) in [4.78, 5) is 38.4. The van der Waals surface area contributed by atoms with E-state index in [1.807, 2.05) is 6.92 Å². The Morgan fingerprint density at radius 2 is 1.75 bits per heavy atom. The number of rotatable bonds is 8. The van der Waals surface area contributed by atoms with Crippen LogP contribution in [0.4, 0.5) is 0 Å². The van der Waals surface area contributed by atoms with Gasteiger partial charge in [0.25, 0.3) is 5.91 Å². The largest absolute Gasteiger partial charge is 0.494 e. The Labute approximate surface area is 165 Å². The molecule has 154 valence electrons. The molecule has 8 heteroatoms. The maximum Gasteiger partial charge on any atom is 0.323 e. The van der Waals surface area contributed by atoms with Crippen molar-refractivity contribution < 1.29 is 29.0 Å². The second-order valence-corrected chi connectivity index (χ2v) is 6.70. The molecule has 1 aliphatic rings. The number of carbonyl (C=O) groups excluding carboxylic acids is 2. The van der Waals surface area contributed by atoms with Crippen LogP contribution in [-0.2, 0) is 14.4 Å². The third-order valence-electron chi connectivity index (χ3n) is 4.70. The van der Waals surface area contributed by atoms with Gasteiger partial charge in [0.1, 0.15) is 18.0 Å². The van der Waals surface area contributed by atoms with Crippen LogP contribution in [0.1, 0.15) is 33.1 Å². The molecule has 1 heterocycles. The van der Waals surface area contributed by atoms with Crippen molar-refractivity contribution in [1.29, 1.82) is 0 Å². The molecule has 1 unspecified atom stereocenters. The van der Waals surface area contributed by atoms with Crippen molar-refractivity contribution in [3.05, 3.63) is 24.3 Å². The molecule has 0 aromatic heterocycles. The molecule has 2 rings (SSSR count). The van der Waals surface area contributed by atoms with Gasteiger partial charge in [-0.2, -0.15) is 0 Å². The summed E-state index contributed by atoms with van der Waals surface area (Å²) in [6, 6.07) is 6.93. The van der Waals surface area contributed by atoms with E-state index in [4.69, 9.17) is 14.6 Å². The summed E-state index contributed by atoms with van der Waals surface area (Å²) in [5, 5.41) is 9.02. The van der Waals surface area contributed by atoms with E-state index < -0.39 is 5.97 Å². The molecule has 2 amide bonds. The third-order valence-corrected chi connectivity index (χ3v) is 4.70. The minimum Gasteiger partial charge on any atom is -0.494 e. The van der Waals surface area contributed by atoms with Crippen LogP contribution >= 0.6 is 0 Å². The van der Waals surface area contributed by atoms with Crippen LogP contribution in [0.25, 0.3) is 0 Å². The molecule has 1 aliphatic heterocycles. The Morgan fingerprint density at radius 1 is 1.11 bits per heavy atom. The zero-order valence-corrected chi connectivity index (χ0v) is 16.4. The Hall–Kier alpha value is -2.77. The van der Waals surface area contributed by atoms with Gasteiger partial charge in [-0.05, 0) is 50.5 Å². The van der Waals surface area contributed by atoms with Crippen molar-refractivity contribution in [3.8, 4) is 11.5 Å². The zero-order chi connectivity index (χ0) is 20.5. The maximum absolute atomic E-state index is 12.5. The summed E-state index contributed by atoms with van der Waals surface area (Å²) in [6.07, 6.45) is 1.95. The maximum atomic E-state index is 12.5. The summed E-state index contributed by atoms with van der Waals surface area (Å²) in [7, 11) is 0. The van der Waals surface area contributed by atoms with Gasteiger partial charge < -0.3 is 24.4 Å². The first-order valence-corrected chi connectivity index (χ1v) is 9.53. The number of amides is 2. The number of aliphatic carboxylic acids is 1. The van der Waals surface area contributed by atoms with Crippen molar-refractivity contribution in [2.75, 3.05) is 32.8 Å². The molecule has 0 saturated carbocycles. The number of hydrogen-bond acceptors (Lipinski definition) is 5. The molecule has 0 radical (unpaired) electrons. The van der Waals surface area contributed by atoms with Gasteiger partial charge in [0, 0.05) is 26.1 Å². The van der Waals surface area contributed by atoms with E-state index in [0.29, 0.717) is 44.7 Å². The second-order valence-electron chi connectivity index (χ2n) is 6.70. The lowest BCUT2D eigenvalue weighted by atomic mass is 10.1. The van der Waals surface area contributed by atoms with Crippen molar-refractivity contribution in [2.24, 2.45) is 0 Å². The van der Waals surface area contributed by atoms with Crippen molar-refractivity contribution in [1.82, 2.24) is 9.80 Å². The van der Waals surface area contributed by atoms with E-state index in [1.165, 1.54) is 11.8 Å². The molecule has 1 aromatic rings. The molecule has 1 atom stereocenters. The smallest absolute Gasteiger partial charge is 0.323 e. The van der Waals surface area contributed by atoms with Gasteiger partial charge in [-0.15, -0.1) is 0 Å². The molecule has 0 bridgehead atoms. The SMILES string of the molecule is CCOc1ccc(OCC(=O)N2CCCC(N(CC(=O)O)C(C)=O)CC2)cc1. The van der Waals surface area contributed by atoms with Crippen LogP contribution in [-0.4, -0.2) is 71.6 Å². The van der Waals surface area contributed by atoms with E-state index >= 15 is 0 Å². The topological polar surface area (TPSA) is 96.4 Å². The molecular formula is C20H28N2O6. The number of carbonyl (C=O) groups is 3. The van der Waals surface area contributed by atoms with E-state index in [0.717, 1.165) is 5.75 Å². The monoisotopic (exact) mass is 392 g/mol. The summed E-state index contributed by atoms with van der Waals surface area (Å²) in [6.45, 7) is 4.54. The first-order chi connectivity index (χ1) is 13.4.